The lowest BCUT2D eigenvalue weighted by Crippen LogP contribution is -2.23. The number of nitrogens with zero attached hydrogens (tertiary/aromatic N) is 1. The third-order valence-electron chi connectivity index (χ3n) is 3.32. The zero-order chi connectivity index (χ0) is 19.2. The lowest BCUT2D eigenvalue weighted by molar-refractivity contribution is -0.154. The van der Waals surface area contributed by atoms with Gasteiger partial charge < -0.3 is 10.1 Å². The quantitative estimate of drug-likeness (QED) is 0.622. The number of ether oxygens (including phenoxy) is 1. The summed E-state index contributed by atoms with van der Waals surface area (Å²) in [5.41, 5.74) is 1.61. The molecule has 0 bridgehead atoms. The average Bonchev–Trinajstić information content (AvgIpc) is 2.58. The molecule has 4 nitrogen and oxygen atoms in total. The van der Waals surface area contributed by atoms with Gasteiger partial charge in [-0.3, -0.25) is 4.79 Å². The van der Waals surface area contributed by atoms with Crippen molar-refractivity contribution in [1.82, 2.24) is 10.3 Å². The van der Waals surface area contributed by atoms with Crippen LogP contribution in [0.4, 0.5) is 17.6 Å². The monoisotopic (exact) mass is 368 g/mol. The summed E-state index contributed by atoms with van der Waals surface area (Å²) in [6.07, 6.45) is -1.86. The summed E-state index contributed by atoms with van der Waals surface area (Å²) in [7, 11) is 0. The molecule has 0 radical (unpaired) electrons. The van der Waals surface area contributed by atoms with Gasteiger partial charge in [-0.05, 0) is 36.3 Å². The number of carbonyl (C=O) groups excluding carboxylic acids is 1. The first-order valence-electron chi connectivity index (χ1n) is 7.60. The van der Waals surface area contributed by atoms with Gasteiger partial charge in [0.2, 0.25) is 11.8 Å². The molecule has 26 heavy (non-hydrogen) atoms. The number of rotatable bonds is 6. The van der Waals surface area contributed by atoms with Gasteiger partial charge in [0.25, 0.3) is 0 Å². The number of carbonyl (C=O) groups is 1. The maximum atomic E-state index is 12.9. The van der Waals surface area contributed by atoms with Crippen molar-refractivity contribution in [1.29, 1.82) is 0 Å². The fourth-order valence-corrected chi connectivity index (χ4v) is 2.06. The van der Waals surface area contributed by atoms with Crippen LogP contribution in [-0.2, 0) is 11.3 Å². The van der Waals surface area contributed by atoms with Gasteiger partial charge in [-0.15, -0.1) is 0 Å². The molecule has 0 unspecified atom stereocenters. The Morgan fingerprint density at radius 1 is 1.23 bits per heavy atom. The normalized spacial score (nSPS) is 12.0. The SMILES string of the molecule is C/C(=C/C(=O)NCc1cccnc1OCC(F)(F)F)c1ccc(F)cc1. The molecule has 138 valence electrons. The number of halogens is 4. The first-order valence-corrected chi connectivity index (χ1v) is 7.60. The van der Waals surface area contributed by atoms with Gasteiger partial charge in [-0.2, -0.15) is 13.2 Å². The molecule has 0 saturated heterocycles. The van der Waals surface area contributed by atoms with Gasteiger partial charge in [-0.25, -0.2) is 9.37 Å². The molecule has 2 aromatic rings. The van der Waals surface area contributed by atoms with Crippen LogP contribution in [0.5, 0.6) is 5.88 Å². The zero-order valence-corrected chi connectivity index (χ0v) is 13.8. The van der Waals surface area contributed by atoms with Crippen LogP contribution in [0, 0.1) is 5.82 Å². The van der Waals surface area contributed by atoms with Crippen molar-refractivity contribution in [2.75, 3.05) is 6.61 Å². The minimum absolute atomic E-state index is 0.0485. The molecular weight excluding hydrogens is 352 g/mol. The molecule has 0 atom stereocenters. The van der Waals surface area contributed by atoms with Crippen molar-refractivity contribution in [2.24, 2.45) is 0 Å². The standard InChI is InChI=1S/C18H16F4N2O2/c1-12(13-4-6-15(19)7-5-13)9-16(25)24-10-14-3-2-8-23-17(14)26-11-18(20,21)22/h2-9H,10-11H2,1H3,(H,24,25)/b12-9-. The van der Waals surface area contributed by atoms with Crippen LogP contribution in [0.15, 0.2) is 48.7 Å². The molecule has 1 N–H and O–H groups in total. The highest BCUT2D eigenvalue weighted by Gasteiger charge is 2.29. The van der Waals surface area contributed by atoms with Crippen LogP contribution >= 0.6 is 0 Å². The molecular formula is C18H16F4N2O2. The molecule has 2 rings (SSSR count). The largest absolute Gasteiger partial charge is 0.468 e. The van der Waals surface area contributed by atoms with Crippen LogP contribution in [0.1, 0.15) is 18.1 Å². The second-order valence-corrected chi connectivity index (χ2v) is 5.42. The summed E-state index contributed by atoms with van der Waals surface area (Å²) < 4.78 is 54.4. The lowest BCUT2D eigenvalue weighted by Gasteiger charge is -2.12. The number of hydrogen-bond donors (Lipinski definition) is 1. The smallest absolute Gasteiger partial charge is 0.422 e. The molecule has 8 heteroatoms. The topological polar surface area (TPSA) is 51.2 Å². The summed E-state index contributed by atoms with van der Waals surface area (Å²) in [4.78, 5) is 15.7. The number of alkyl halides is 3. The Morgan fingerprint density at radius 3 is 2.58 bits per heavy atom. The molecule has 0 fully saturated rings. The maximum absolute atomic E-state index is 12.9. The van der Waals surface area contributed by atoms with E-state index in [0.717, 1.165) is 0 Å². The maximum Gasteiger partial charge on any atom is 0.422 e. The predicted octanol–water partition coefficient (Wildman–Crippen LogP) is 3.88. The van der Waals surface area contributed by atoms with E-state index in [2.05, 4.69) is 15.0 Å². The molecule has 0 aliphatic carbocycles. The molecule has 0 aliphatic rings. The molecule has 1 aromatic carbocycles. The van der Waals surface area contributed by atoms with Crippen LogP contribution in [0.25, 0.3) is 5.57 Å². The molecule has 1 aromatic heterocycles. The fraction of sp³-hybridized carbons (Fsp3) is 0.222. The van der Waals surface area contributed by atoms with Crippen molar-refractivity contribution in [3.05, 3.63) is 65.6 Å². The number of aromatic nitrogens is 1. The van der Waals surface area contributed by atoms with Crippen molar-refractivity contribution in [3.8, 4) is 5.88 Å². The van der Waals surface area contributed by atoms with E-state index in [1.54, 1.807) is 19.1 Å². The van der Waals surface area contributed by atoms with Gasteiger partial charge in [-0.1, -0.05) is 18.2 Å². The van der Waals surface area contributed by atoms with Crippen molar-refractivity contribution >= 4 is 11.5 Å². The van der Waals surface area contributed by atoms with E-state index in [9.17, 15) is 22.4 Å². The second kappa shape index (κ2) is 8.46. The Morgan fingerprint density at radius 2 is 1.92 bits per heavy atom. The van der Waals surface area contributed by atoms with E-state index in [1.165, 1.54) is 36.5 Å². The second-order valence-electron chi connectivity index (χ2n) is 5.42. The number of pyridine rings is 1. The lowest BCUT2D eigenvalue weighted by atomic mass is 10.1. The van der Waals surface area contributed by atoms with E-state index >= 15 is 0 Å². The van der Waals surface area contributed by atoms with E-state index in [-0.39, 0.29) is 18.2 Å². The van der Waals surface area contributed by atoms with Gasteiger partial charge in [0.1, 0.15) is 5.82 Å². The third kappa shape index (κ3) is 6.19. The molecule has 0 aliphatic heterocycles. The Balaban J connectivity index is 1.99. The number of allylic oxidation sites excluding steroid dienone is 1. The highest BCUT2D eigenvalue weighted by atomic mass is 19.4. The van der Waals surface area contributed by atoms with Crippen molar-refractivity contribution < 1.29 is 27.1 Å². The van der Waals surface area contributed by atoms with Crippen molar-refractivity contribution in [2.45, 2.75) is 19.6 Å². The van der Waals surface area contributed by atoms with Gasteiger partial charge in [0.05, 0.1) is 0 Å². The van der Waals surface area contributed by atoms with Crippen LogP contribution in [-0.4, -0.2) is 23.7 Å². The van der Waals surface area contributed by atoms with E-state index < -0.39 is 18.7 Å². The first kappa shape index (κ1) is 19.4. The minimum atomic E-state index is -4.48. The Labute approximate surface area is 147 Å². The summed E-state index contributed by atoms with van der Waals surface area (Å²) in [5, 5.41) is 2.56. The Hall–Kier alpha value is -2.90. The number of hydrogen-bond acceptors (Lipinski definition) is 3. The van der Waals surface area contributed by atoms with E-state index in [1.807, 2.05) is 0 Å². The van der Waals surface area contributed by atoms with Crippen LogP contribution in [0.3, 0.4) is 0 Å². The van der Waals surface area contributed by atoms with Crippen molar-refractivity contribution in [3.63, 3.8) is 0 Å². The van der Waals surface area contributed by atoms with E-state index in [0.29, 0.717) is 16.7 Å². The third-order valence-corrected chi connectivity index (χ3v) is 3.32. The minimum Gasteiger partial charge on any atom is -0.468 e. The van der Waals surface area contributed by atoms with Crippen LogP contribution < -0.4 is 10.1 Å². The van der Waals surface area contributed by atoms with Gasteiger partial charge >= 0.3 is 6.18 Å². The summed E-state index contributed by atoms with van der Waals surface area (Å²) >= 11 is 0. The molecule has 0 saturated carbocycles. The zero-order valence-electron chi connectivity index (χ0n) is 13.8. The van der Waals surface area contributed by atoms with Gasteiger partial charge in [0.15, 0.2) is 6.61 Å². The highest BCUT2D eigenvalue weighted by molar-refractivity contribution is 5.94. The fourth-order valence-electron chi connectivity index (χ4n) is 2.06. The number of nitrogens with one attached hydrogen (secondary N) is 1. The Kier molecular flexibility index (Phi) is 6.32. The van der Waals surface area contributed by atoms with Gasteiger partial charge in [0, 0.05) is 24.4 Å². The summed E-state index contributed by atoms with van der Waals surface area (Å²) in [6, 6.07) is 8.68. The summed E-state index contributed by atoms with van der Waals surface area (Å²) in [6.45, 7) is 0.177. The summed E-state index contributed by atoms with van der Waals surface area (Å²) in [5.74, 6) is -1.02. The predicted molar refractivity (Wildman–Crippen MR) is 87.7 cm³/mol. The highest BCUT2D eigenvalue weighted by Crippen LogP contribution is 2.20. The number of benzene rings is 1. The molecule has 0 spiro atoms. The average molecular weight is 368 g/mol. The Bertz CT molecular complexity index is 787. The van der Waals surface area contributed by atoms with Crippen LogP contribution in [0.2, 0.25) is 0 Å². The first-order chi connectivity index (χ1) is 12.2. The number of amides is 1. The molecule has 1 heterocycles. The molecule has 1 amide bonds. The van der Waals surface area contributed by atoms with E-state index in [4.69, 9.17) is 0 Å².